The van der Waals surface area contributed by atoms with Gasteiger partial charge in [-0.1, -0.05) is 17.7 Å². The molecule has 1 unspecified atom stereocenters. The van der Waals surface area contributed by atoms with Gasteiger partial charge in [0.25, 0.3) is 5.91 Å². The molecule has 2 amide bonds. The van der Waals surface area contributed by atoms with Crippen molar-refractivity contribution in [1.82, 2.24) is 5.32 Å². The van der Waals surface area contributed by atoms with Gasteiger partial charge in [-0.3, -0.25) is 19.5 Å². The number of aryl methyl sites for hydroxylation is 2. The maximum atomic E-state index is 12.9. The maximum absolute atomic E-state index is 12.9. The molecule has 0 aliphatic carbocycles. The predicted octanol–water partition coefficient (Wildman–Crippen LogP) is 2.77. The molecule has 28 heavy (non-hydrogen) atoms. The van der Waals surface area contributed by atoms with Crippen LogP contribution >= 0.6 is 12.2 Å². The number of thiocarbonyl (C=S) groups is 1. The third-order valence-corrected chi connectivity index (χ3v) is 4.59. The zero-order valence-corrected chi connectivity index (χ0v) is 16.0. The number of carboxylic acids is 1. The molecule has 1 aliphatic heterocycles. The SMILES string of the molecule is Cc1ccc(N2C(=O)C(C=Nc3ccc(C(=O)O)cc3C)C(=O)NC2=S)cc1. The fourth-order valence-corrected chi connectivity index (χ4v) is 3.04. The summed E-state index contributed by atoms with van der Waals surface area (Å²) in [6.07, 6.45) is 1.25. The number of nitrogens with zero attached hydrogens (tertiary/aromatic N) is 2. The lowest BCUT2D eigenvalue weighted by molar-refractivity contribution is -0.130. The summed E-state index contributed by atoms with van der Waals surface area (Å²) in [5.74, 6) is -3.24. The molecule has 0 radical (unpaired) electrons. The maximum Gasteiger partial charge on any atom is 0.335 e. The molecule has 3 rings (SSSR count). The highest BCUT2D eigenvalue weighted by molar-refractivity contribution is 7.80. The minimum absolute atomic E-state index is 0.0190. The Morgan fingerprint density at radius 1 is 1.18 bits per heavy atom. The van der Waals surface area contributed by atoms with E-state index in [1.54, 1.807) is 19.1 Å². The van der Waals surface area contributed by atoms with E-state index in [1.807, 2.05) is 19.1 Å². The van der Waals surface area contributed by atoms with Gasteiger partial charge in [0.15, 0.2) is 11.0 Å². The Labute approximate surface area is 166 Å². The van der Waals surface area contributed by atoms with Gasteiger partial charge in [0.05, 0.1) is 16.9 Å². The first-order valence-corrected chi connectivity index (χ1v) is 8.82. The fourth-order valence-electron chi connectivity index (χ4n) is 2.75. The second kappa shape index (κ2) is 7.69. The number of aromatic carboxylic acids is 1. The average molecular weight is 395 g/mol. The minimum atomic E-state index is -1.15. The van der Waals surface area contributed by atoms with Crippen molar-refractivity contribution in [3.63, 3.8) is 0 Å². The van der Waals surface area contributed by atoms with E-state index in [2.05, 4.69) is 10.3 Å². The van der Waals surface area contributed by atoms with Crippen LogP contribution in [0.2, 0.25) is 0 Å². The second-order valence-corrected chi connectivity index (χ2v) is 6.75. The first-order chi connectivity index (χ1) is 13.3. The lowest BCUT2D eigenvalue weighted by Gasteiger charge is -2.31. The van der Waals surface area contributed by atoms with Crippen LogP contribution in [0.1, 0.15) is 21.5 Å². The monoisotopic (exact) mass is 395 g/mol. The molecule has 1 heterocycles. The van der Waals surface area contributed by atoms with E-state index in [0.717, 1.165) is 5.56 Å². The van der Waals surface area contributed by atoms with Crippen molar-refractivity contribution in [2.24, 2.45) is 10.9 Å². The molecule has 0 aromatic heterocycles. The van der Waals surface area contributed by atoms with Gasteiger partial charge in [0, 0.05) is 6.21 Å². The largest absolute Gasteiger partial charge is 0.478 e. The summed E-state index contributed by atoms with van der Waals surface area (Å²) in [4.78, 5) is 41.7. The quantitative estimate of drug-likeness (QED) is 0.471. The Morgan fingerprint density at radius 3 is 2.46 bits per heavy atom. The lowest BCUT2D eigenvalue weighted by Crippen LogP contribution is -2.58. The van der Waals surface area contributed by atoms with Crippen LogP contribution in [-0.2, 0) is 9.59 Å². The number of carbonyl (C=O) groups is 3. The molecule has 2 N–H and O–H groups in total. The van der Waals surface area contributed by atoms with Gasteiger partial charge in [0.1, 0.15) is 0 Å². The molecule has 7 nitrogen and oxygen atoms in total. The van der Waals surface area contributed by atoms with Crippen molar-refractivity contribution >= 4 is 52.7 Å². The molecule has 2 aromatic rings. The Bertz CT molecular complexity index is 1010. The molecule has 0 bridgehead atoms. The molecule has 1 fully saturated rings. The van der Waals surface area contributed by atoms with Crippen LogP contribution in [0, 0.1) is 19.8 Å². The number of carboxylic acid groups (broad SMARTS) is 1. The van der Waals surface area contributed by atoms with Gasteiger partial charge in [-0.25, -0.2) is 4.79 Å². The third-order valence-electron chi connectivity index (χ3n) is 4.30. The van der Waals surface area contributed by atoms with E-state index in [9.17, 15) is 14.4 Å². The predicted molar refractivity (Wildman–Crippen MR) is 109 cm³/mol. The Hall–Kier alpha value is -3.39. The van der Waals surface area contributed by atoms with Crippen molar-refractivity contribution < 1.29 is 19.5 Å². The average Bonchev–Trinajstić information content (AvgIpc) is 2.63. The van der Waals surface area contributed by atoms with Crippen LogP contribution in [0.3, 0.4) is 0 Å². The second-order valence-electron chi connectivity index (χ2n) is 6.37. The summed E-state index contributed by atoms with van der Waals surface area (Å²) in [6.45, 7) is 3.63. The first kappa shape index (κ1) is 19.4. The highest BCUT2D eigenvalue weighted by Crippen LogP contribution is 2.23. The number of aliphatic imine (C=N–C) groups is 1. The molecule has 1 saturated heterocycles. The highest BCUT2D eigenvalue weighted by atomic mass is 32.1. The highest BCUT2D eigenvalue weighted by Gasteiger charge is 2.38. The Morgan fingerprint density at radius 2 is 1.86 bits per heavy atom. The molecule has 1 atom stereocenters. The zero-order chi connectivity index (χ0) is 20.4. The number of rotatable bonds is 4. The smallest absolute Gasteiger partial charge is 0.335 e. The minimum Gasteiger partial charge on any atom is -0.478 e. The molecular formula is C20H17N3O4S. The molecule has 8 heteroatoms. The summed E-state index contributed by atoms with van der Waals surface area (Å²) < 4.78 is 0. The summed E-state index contributed by atoms with van der Waals surface area (Å²) in [5, 5.41) is 11.6. The van der Waals surface area contributed by atoms with E-state index >= 15 is 0 Å². The van der Waals surface area contributed by atoms with Crippen LogP contribution in [0.15, 0.2) is 47.5 Å². The molecule has 0 spiro atoms. The van der Waals surface area contributed by atoms with E-state index in [1.165, 1.54) is 29.3 Å². The number of amides is 2. The summed E-state index contributed by atoms with van der Waals surface area (Å²) in [6, 6.07) is 11.6. The Balaban J connectivity index is 1.88. The summed E-state index contributed by atoms with van der Waals surface area (Å²) in [5.41, 5.74) is 2.81. The van der Waals surface area contributed by atoms with Crippen LogP contribution in [0.5, 0.6) is 0 Å². The summed E-state index contributed by atoms with van der Waals surface area (Å²) >= 11 is 5.16. The topological polar surface area (TPSA) is 99.1 Å². The van der Waals surface area contributed by atoms with Crippen molar-refractivity contribution in [1.29, 1.82) is 0 Å². The molecule has 0 saturated carbocycles. The van der Waals surface area contributed by atoms with E-state index < -0.39 is 23.7 Å². The van der Waals surface area contributed by atoms with E-state index in [0.29, 0.717) is 16.9 Å². The van der Waals surface area contributed by atoms with Crippen LogP contribution in [0.25, 0.3) is 0 Å². The van der Waals surface area contributed by atoms with Crippen molar-refractivity contribution in [3.05, 3.63) is 59.2 Å². The zero-order valence-electron chi connectivity index (χ0n) is 15.2. The van der Waals surface area contributed by atoms with Crippen molar-refractivity contribution in [3.8, 4) is 0 Å². The molecule has 2 aromatic carbocycles. The van der Waals surface area contributed by atoms with Crippen LogP contribution in [0.4, 0.5) is 11.4 Å². The normalized spacial score (nSPS) is 17.1. The van der Waals surface area contributed by atoms with Gasteiger partial charge in [-0.2, -0.15) is 0 Å². The molecule has 1 aliphatic rings. The molecule has 142 valence electrons. The van der Waals surface area contributed by atoms with Gasteiger partial charge in [-0.05, 0) is 62.0 Å². The van der Waals surface area contributed by atoms with Crippen molar-refractivity contribution in [2.75, 3.05) is 4.90 Å². The number of nitrogens with one attached hydrogen (secondary N) is 1. The molecular weight excluding hydrogens is 378 g/mol. The first-order valence-electron chi connectivity index (χ1n) is 8.41. The van der Waals surface area contributed by atoms with Crippen LogP contribution < -0.4 is 10.2 Å². The third kappa shape index (κ3) is 3.81. The fraction of sp³-hybridized carbons (Fsp3) is 0.150. The number of hydrogen-bond donors (Lipinski definition) is 2. The van der Waals surface area contributed by atoms with Gasteiger partial charge >= 0.3 is 5.97 Å². The summed E-state index contributed by atoms with van der Waals surface area (Å²) in [7, 11) is 0. The number of anilines is 1. The number of carbonyl (C=O) groups excluding carboxylic acids is 2. The lowest BCUT2D eigenvalue weighted by atomic mass is 10.1. The number of hydrogen-bond acceptors (Lipinski definition) is 5. The van der Waals surface area contributed by atoms with Gasteiger partial charge < -0.3 is 10.4 Å². The van der Waals surface area contributed by atoms with E-state index in [-0.39, 0.29) is 10.7 Å². The number of benzene rings is 2. The Kier molecular flexibility index (Phi) is 5.32. The van der Waals surface area contributed by atoms with Crippen LogP contribution in [-0.4, -0.2) is 34.2 Å². The van der Waals surface area contributed by atoms with E-state index in [4.69, 9.17) is 17.3 Å². The van der Waals surface area contributed by atoms with Gasteiger partial charge in [-0.15, -0.1) is 0 Å². The van der Waals surface area contributed by atoms with Crippen molar-refractivity contribution in [2.45, 2.75) is 13.8 Å². The van der Waals surface area contributed by atoms with Gasteiger partial charge in [0.2, 0.25) is 5.91 Å². The standard InChI is InChI=1S/C20H17N3O4S/c1-11-3-6-14(7-4-11)23-18(25)15(17(24)22-20(23)28)10-21-16-8-5-13(19(26)27)9-12(16)2/h3-10,15H,1-2H3,(H,26,27)(H,22,24,28).